The second-order valence-corrected chi connectivity index (χ2v) is 7.20. The maximum absolute atomic E-state index is 13.3. The molecule has 1 spiro atoms. The van der Waals surface area contributed by atoms with Gasteiger partial charge < -0.3 is 10.0 Å². The van der Waals surface area contributed by atoms with Gasteiger partial charge >= 0.3 is 5.97 Å². The van der Waals surface area contributed by atoms with Gasteiger partial charge in [-0.2, -0.15) is 0 Å². The molecule has 0 atom stereocenters. The molecule has 0 aliphatic carbocycles. The Morgan fingerprint density at radius 1 is 1.12 bits per heavy atom. The van der Waals surface area contributed by atoms with Crippen LogP contribution in [0.15, 0.2) is 18.2 Å². The Labute approximate surface area is 145 Å². The number of carboxylic acid groups (broad SMARTS) is 1. The maximum Gasteiger partial charge on any atom is 0.323 e. The second-order valence-electron chi connectivity index (χ2n) is 7.20. The Balaban J connectivity index is 1.59. The SMILES string of the molecule is O=C(O)CN1CC2(CCC1=O)CCN(Cc1cc(F)cc(F)c1)CC2. The highest BCUT2D eigenvalue weighted by Crippen LogP contribution is 2.40. The number of hydrogen-bond donors (Lipinski definition) is 1. The van der Waals surface area contributed by atoms with Crippen molar-refractivity contribution in [1.29, 1.82) is 0 Å². The first-order valence-corrected chi connectivity index (χ1v) is 8.52. The van der Waals surface area contributed by atoms with E-state index in [0.717, 1.165) is 38.4 Å². The van der Waals surface area contributed by atoms with Crippen LogP contribution in [0.4, 0.5) is 8.78 Å². The number of carboxylic acids is 1. The smallest absolute Gasteiger partial charge is 0.323 e. The van der Waals surface area contributed by atoms with Crippen LogP contribution >= 0.6 is 0 Å². The fourth-order valence-corrected chi connectivity index (χ4v) is 3.96. The average Bonchev–Trinajstić information content (AvgIpc) is 2.52. The summed E-state index contributed by atoms with van der Waals surface area (Å²) in [6, 6.07) is 3.56. The number of hydrogen-bond acceptors (Lipinski definition) is 3. The molecule has 0 bridgehead atoms. The largest absolute Gasteiger partial charge is 0.480 e. The lowest BCUT2D eigenvalue weighted by Crippen LogP contribution is -2.52. The normalized spacial score (nSPS) is 20.9. The van der Waals surface area contributed by atoms with Crippen LogP contribution in [0.2, 0.25) is 0 Å². The van der Waals surface area contributed by atoms with E-state index in [1.165, 1.54) is 17.0 Å². The van der Waals surface area contributed by atoms with Crippen molar-refractivity contribution in [3.63, 3.8) is 0 Å². The van der Waals surface area contributed by atoms with Gasteiger partial charge in [0.25, 0.3) is 0 Å². The zero-order valence-electron chi connectivity index (χ0n) is 14.0. The first-order valence-electron chi connectivity index (χ1n) is 8.52. The van der Waals surface area contributed by atoms with Gasteiger partial charge in [0.05, 0.1) is 0 Å². The summed E-state index contributed by atoms with van der Waals surface area (Å²) in [7, 11) is 0. The highest BCUT2D eigenvalue weighted by Gasteiger charge is 2.41. The summed E-state index contributed by atoms with van der Waals surface area (Å²) in [5.41, 5.74) is 0.576. The number of piperidine rings is 2. The third-order valence-electron chi connectivity index (χ3n) is 5.32. The summed E-state index contributed by atoms with van der Waals surface area (Å²) in [5.74, 6) is -2.22. The molecule has 2 fully saturated rings. The average molecular weight is 352 g/mol. The lowest BCUT2D eigenvalue weighted by Gasteiger charge is -2.47. The molecule has 5 nitrogen and oxygen atoms in total. The number of aliphatic carboxylic acids is 1. The van der Waals surface area contributed by atoms with Crippen LogP contribution in [0, 0.1) is 17.0 Å². The monoisotopic (exact) mass is 352 g/mol. The number of rotatable bonds is 4. The molecule has 2 aliphatic rings. The van der Waals surface area contributed by atoms with E-state index in [2.05, 4.69) is 4.90 Å². The summed E-state index contributed by atoms with van der Waals surface area (Å²) in [4.78, 5) is 26.4. The van der Waals surface area contributed by atoms with Gasteiger partial charge in [-0.15, -0.1) is 0 Å². The molecule has 0 radical (unpaired) electrons. The van der Waals surface area contributed by atoms with Gasteiger partial charge in [-0.3, -0.25) is 14.5 Å². The van der Waals surface area contributed by atoms with Crippen molar-refractivity contribution in [2.24, 2.45) is 5.41 Å². The summed E-state index contributed by atoms with van der Waals surface area (Å²) < 4.78 is 26.6. The molecule has 2 heterocycles. The van der Waals surface area contributed by atoms with E-state index in [1.54, 1.807) is 0 Å². The van der Waals surface area contributed by atoms with Crippen molar-refractivity contribution in [1.82, 2.24) is 9.80 Å². The molecule has 136 valence electrons. The van der Waals surface area contributed by atoms with E-state index in [4.69, 9.17) is 5.11 Å². The van der Waals surface area contributed by atoms with E-state index < -0.39 is 17.6 Å². The summed E-state index contributed by atoms with van der Waals surface area (Å²) in [6.45, 7) is 2.27. The number of benzene rings is 1. The predicted octanol–water partition coefficient (Wildman–Crippen LogP) is 2.25. The maximum atomic E-state index is 13.3. The zero-order chi connectivity index (χ0) is 18.0. The lowest BCUT2D eigenvalue weighted by molar-refractivity contribution is -0.149. The molecule has 2 saturated heterocycles. The van der Waals surface area contributed by atoms with Gasteiger partial charge in [0, 0.05) is 25.6 Å². The highest BCUT2D eigenvalue weighted by molar-refractivity contribution is 5.82. The van der Waals surface area contributed by atoms with Gasteiger partial charge in [-0.05, 0) is 55.5 Å². The molecule has 7 heteroatoms. The van der Waals surface area contributed by atoms with E-state index >= 15 is 0 Å². The van der Waals surface area contributed by atoms with Crippen molar-refractivity contribution in [2.45, 2.75) is 32.2 Å². The Bertz CT molecular complexity index is 652. The molecular formula is C18H22F2N2O3. The third kappa shape index (κ3) is 4.34. The third-order valence-corrected chi connectivity index (χ3v) is 5.32. The van der Waals surface area contributed by atoms with Crippen LogP contribution in [-0.2, 0) is 16.1 Å². The van der Waals surface area contributed by atoms with Gasteiger partial charge in [-0.1, -0.05) is 0 Å². The second kappa shape index (κ2) is 7.07. The number of likely N-dealkylation sites (tertiary alicyclic amines) is 2. The molecule has 1 aromatic rings. The predicted molar refractivity (Wildman–Crippen MR) is 86.8 cm³/mol. The quantitative estimate of drug-likeness (QED) is 0.903. The molecule has 0 aromatic heterocycles. The van der Waals surface area contributed by atoms with Crippen LogP contribution < -0.4 is 0 Å². The molecule has 25 heavy (non-hydrogen) atoms. The lowest BCUT2D eigenvalue weighted by atomic mass is 9.72. The number of amides is 1. The van der Waals surface area contributed by atoms with Crippen LogP contribution in [-0.4, -0.2) is 53.0 Å². The van der Waals surface area contributed by atoms with Crippen LogP contribution in [0.3, 0.4) is 0 Å². The van der Waals surface area contributed by atoms with Crippen molar-refractivity contribution >= 4 is 11.9 Å². The Morgan fingerprint density at radius 2 is 1.76 bits per heavy atom. The summed E-state index contributed by atoms with van der Waals surface area (Å²) >= 11 is 0. The number of nitrogens with zero attached hydrogens (tertiary/aromatic N) is 2. The fourth-order valence-electron chi connectivity index (χ4n) is 3.96. The van der Waals surface area contributed by atoms with E-state index in [-0.39, 0.29) is 17.9 Å². The van der Waals surface area contributed by atoms with E-state index in [0.29, 0.717) is 25.1 Å². The Hall–Kier alpha value is -2.02. The molecule has 0 saturated carbocycles. The molecule has 1 amide bonds. The van der Waals surface area contributed by atoms with Crippen LogP contribution in [0.25, 0.3) is 0 Å². The molecule has 0 unspecified atom stereocenters. The number of halogens is 2. The minimum Gasteiger partial charge on any atom is -0.480 e. The zero-order valence-corrected chi connectivity index (χ0v) is 14.0. The van der Waals surface area contributed by atoms with E-state index in [9.17, 15) is 18.4 Å². The van der Waals surface area contributed by atoms with Crippen molar-refractivity contribution < 1.29 is 23.5 Å². The molecule has 3 rings (SSSR count). The number of carbonyl (C=O) groups excluding carboxylic acids is 1. The minimum atomic E-state index is -0.990. The topological polar surface area (TPSA) is 60.9 Å². The van der Waals surface area contributed by atoms with Crippen molar-refractivity contribution in [3.8, 4) is 0 Å². The van der Waals surface area contributed by atoms with E-state index in [1.807, 2.05) is 0 Å². The standard InChI is InChI=1S/C18H22F2N2O3/c19-14-7-13(8-15(20)9-14)10-21-5-3-18(4-6-21)2-1-16(23)22(12-18)11-17(24)25/h7-9H,1-6,10-12H2,(H,24,25). The first kappa shape index (κ1) is 17.8. The van der Waals surface area contributed by atoms with Crippen LogP contribution in [0.1, 0.15) is 31.2 Å². The number of carbonyl (C=O) groups is 2. The van der Waals surface area contributed by atoms with Crippen molar-refractivity contribution in [3.05, 3.63) is 35.4 Å². The molecule has 1 aromatic carbocycles. The Kier molecular flexibility index (Phi) is 5.03. The van der Waals surface area contributed by atoms with Crippen molar-refractivity contribution in [2.75, 3.05) is 26.2 Å². The fraction of sp³-hybridized carbons (Fsp3) is 0.556. The minimum absolute atomic E-state index is 0.0347. The summed E-state index contributed by atoms with van der Waals surface area (Å²) in [6.07, 6.45) is 2.88. The summed E-state index contributed by atoms with van der Waals surface area (Å²) in [5, 5.41) is 8.96. The molecular weight excluding hydrogens is 330 g/mol. The van der Waals surface area contributed by atoms with Gasteiger partial charge in [0.2, 0.25) is 5.91 Å². The first-order chi connectivity index (χ1) is 11.8. The molecule has 2 aliphatic heterocycles. The van der Waals surface area contributed by atoms with Gasteiger partial charge in [0.1, 0.15) is 18.2 Å². The van der Waals surface area contributed by atoms with Gasteiger partial charge in [0.15, 0.2) is 0 Å². The van der Waals surface area contributed by atoms with Gasteiger partial charge in [-0.25, -0.2) is 8.78 Å². The van der Waals surface area contributed by atoms with Crippen LogP contribution in [0.5, 0.6) is 0 Å². The Morgan fingerprint density at radius 3 is 2.36 bits per heavy atom. The highest BCUT2D eigenvalue weighted by atomic mass is 19.1. The molecule has 1 N–H and O–H groups in total.